The molecule has 0 heterocycles. The van der Waals surface area contributed by atoms with Crippen LogP contribution in [0.25, 0.3) is 0 Å². The normalized spacial score (nSPS) is 19.6. The lowest BCUT2D eigenvalue weighted by Crippen LogP contribution is -2.35. The molecule has 3 heteroatoms. The summed E-state index contributed by atoms with van der Waals surface area (Å²) in [6.07, 6.45) is 0.924. The highest BCUT2D eigenvalue weighted by molar-refractivity contribution is 6.00. The van der Waals surface area contributed by atoms with Crippen LogP contribution in [0.3, 0.4) is 0 Å². The summed E-state index contributed by atoms with van der Waals surface area (Å²) in [6.45, 7) is 11.5. The van der Waals surface area contributed by atoms with Crippen LogP contribution in [0, 0.1) is 16.7 Å². The Kier molecular flexibility index (Phi) is 3.57. The summed E-state index contributed by atoms with van der Waals surface area (Å²) in [4.78, 5) is 14.8. The van der Waals surface area contributed by atoms with Crippen molar-refractivity contribution in [2.45, 2.75) is 41.0 Å². The summed E-state index contributed by atoms with van der Waals surface area (Å²) in [6, 6.07) is 7.63. The highest BCUT2D eigenvalue weighted by atomic mass is 16.2. The van der Waals surface area contributed by atoms with Crippen molar-refractivity contribution in [3.8, 4) is 0 Å². The van der Waals surface area contributed by atoms with Gasteiger partial charge in [-0.05, 0) is 29.4 Å². The summed E-state index contributed by atoms with van der Waals surface area (Å²) >= 11 is 0. The Balaban J connectivity index is 2.32. The van der Waals surface area contributed by atoms with Gasteiger partial charge in [0.15, 0.2) is 0 Å². The van der Waals surface area contributed by atoms with Crippen LogP contribution in [0.4, 0.5) is 11.4 Å². The molecule has 1 aliphatic rings. The SMILES string of the molecule is CCCN(C(=O)C1C(C)(C)C1(C)C)c1ccccc1N. The maximum absolute atomic E-state index is 12.9. The molecule has 0 saturated heterocycles. The van der Waals surface area contributed by atoms with E-state index in [4.69, 9.17) is 5.73 Å². The van der Waals surface area contributed by atoms with Crippen molar-refractivity contribution in [1.29, 1.82) is 0 Å². The van der Waals surface area contributed by atoms with Gasteiger partial charge < -0.3 is 10.6 Å². The highest BCUT2D eigenvalue weighted by Crippen LogP contribution is 2.69. The number of para-hydroxylation sites is 2. The van der Waals surface area contributed by atoms with Gasteiger partial charge in [0.1, 0.15) is 0 Å². The molecule has 2 N–H and O–H groups in total. The fraction of sp³-hybridized carbons (Fsp3) is 0.588. The molecule has 2 rings (SSSR count). The van der Waals surface area contributed by atoms with Crippen LogP contribution in [0.1, 0.15) is 41.0 Å². The molecule has 0 bridgehead atoms. The van der Waals surface area contributed by atoms with Crippen molar-refractivity contribution in [2.75, 3.05) is 17.2 Å². The molecule has 1 aromatic carbocycles. The molecular formula is C17H26N2O. The van der Waals surface area contributed by atoms with Gasteiger partial charge >= 0.3 is 0 Å². The first-order valence-corrected chi connectivity index (χ1v) is 7.41. The maximum Gasteiger partial charge on any atom is 0.231 e. The Labute approximate surface area is 122 Å². The number of hydrogen-bond acceptors (Lipinski definition) is 2. The zero-order chi connectivity index (χ0) is 15.1. The quantitative estimate of drug-likeness (QED) is 0.851. The standard InChI is InChI=1S/C17H26N2O/c1-6-11-19(13-10-8-7-9-12(13)18)15(20)14-16(2,3)17(14,4)5/h7-10,14H,6,11,18H2,1-5H3. The largest absolute Gasteiger partial charge is 0.397 e. The predicted octanol–water partition coefficient (Wildman–Crippen LogP) is 3.69. The number of nitrogens with zero attached hydrogens (tertiary/aromatic N) is 1. The van der Waals surface area contributed by atoms with E-state index in [-0.39, 0.29) is 22.7 Å². The van der Waals surface area contributed by atoms with Gasteiger partial charge in [0.25, 0.3) is 0 Å². The third-order valence-electron chi connectivity index (χ3n) is 5.21. The van der Waals surface area contributed by atoms with Gasteiger partial charge in [-0.25, -0.2) is 0 Å². The number of benzene rings is 1. The van der Waals surface area contributed by atoms with Crippen molar-refractivity contribution >= 4 is 17.3 Å². The molecule has 1 saturated carbocycles. The minimum absolute atomic E-state index is 0.0552. The molecule has 0 radical (unpaired) electrons. The van der Waals surface area contributed by atoms with Crippen molar-refractivity contribution in [3.05, 3.63) is 24.3 Å². The van der Waals surface area contributed by atoms with Gasteiger partial charge in [-0.15, -0.1) is 0 Å². The van der Waals surface area contributed by atoms with Crippen LogP contribution in [0.2, 0.25) is 0 Å². The third-order valence-corrected chi connectivity index (χ3v) is 5.21. The number of rotatable bonds is 4. The Bertz CT molecular complexity index is 505. The molecule has 1 aliphatic carbocycles. The second-order valence-electron chi connectivity index (χ2n) is 6.93. The Morgan fingerprint density at radius 1 is 1.20 bits per heavy atom. The van der Waals surface area contributed by atoms with E-state index in [1.807, 2.05) is 29.2 Å². The van der Waals surface area contributed by atoms with E-state index in [9.17, 15) is 4.79 Å². The van der Waals surface area contributed by atoms with Gasteiger partial charge in [0.2, 0.25) is 5.91 Å². The fourth-order valence-corrected chi connectivity index (χ4v) is 3.28. The lowest BCUT2D eigenvalue weighted by molar-refractivity contribution is -0.120. The van der Waals surface area contributed by atoms with E-state index in [0.717, 1.165) is 18.7 Å². The van der Waals surface area contributed by atoms with Gasteiger partial charge in [-0.1, -0.05) is 46.8 Å². The molecule has 0 aromatic heterocycles. The van der Waals surface area contributed by atoms with Gasteiger partial charge in [0.05, 0.1) is 11.4 Å². The predicted molar refractivity (Wildman–Crippen MR) is 84.6 cm³/mol. The van der Waals surface area contributed by atoms with Gasteiger partial charge in [0, 0.05) is 12.5 Å². The van der Waals surface area contributed by atoms with Crippen LogP contribution in [0.15, 0.2) is 24.3 Å². The van der Waals surface area contributed by atoms with Crippen molar-refractivity contribution in [1.82, 2.24) is 0 Å². The highest BCUT2D eigenvalue weighted by Gasteiger charge is 2.68. The second-order valence-corrected chi connectivity index (χ2v) is 6.93. The minimum atomic E-state index is 0.0552. The Morgan fingerprint density at radius 2 is 1.75 bits per heavy atom. The summed E-state index contributed by atoms with van der Waals surface area (Å²) in [5.41, 5.74) is 7.68. The molecule has 0 unspecified atom stereocenters. The molecule has 0 spiro atoms. The van der Waals surface area contributed by atoms with Crippen LogP contribution >= 0.6 is 0 Å². The number of carbonyl (C=O) groups is 1. The van der Waals surface area contributed by atoms with E-state index in [2.05, 4.69) is 34.6 Å². The molecule has 0 aliphatic heterocycles. The number of nitrogens with two attached hydrogens (primary N) is 1. The zero-order valence-electron chi connectivity index (χ0n) is 13.2. The maximum atomic E-state index is 12.9. The number of anilines is 2. The lowest BCUT2D eigenvalue weighted by Gasteiger charge is -2.24. The van der Waals surface area contributed by atoms with Gasteiger partial charge in [-0.3, -0.25) is 4.79 Å². The minimum Gasteiger partial charge on any atom is -0.397 e. The van der Waals surface area contributed by atoms with Crippen LogP contribution in [0.5, 0.6) is 0 Å². The molecular weight excluding hydrogens is 248 g/mol. The van der Waals surface area contributed by atoms with E-state index in [0.29, 0.717) is 5.69 Å². The Morgan fingerprint density at radius 3 is 2.20 bits per heavy atom. The second kappa shape index (κ2) is 4.80. The lowest BCUT2D eigenvalue weighted by atomic mass is 10.0. The fourth-order valence-electron chi connectivity index (χ4n) is 3.28. The monoisotopic (exact) mass is 274 g/mol. The third kappa shape index (κ3) is 2.09. The summed E-state index contributed by atoms with van der Waals surface area (Å²) in [5, 5.41) is 0. The first-order chi connectivity index (χ1) is 9.25. The number of carbonyl (C=O) groups excluding carboxylic acids is 1. The van der Waals surface area contributed by atoms with Crippen molar-refractivity contribution < 1.29 is 4.79 Å². The van der Waals surface area contributed by atoms with Crippen LogP contribution < -0.4 is 10.6 Å². The summed E-state index contributed by atoms with van der Waals surface area (Å²) < 4.78 is 0. The van der Waals surface area contributed by atoms with E-state index < -0.39 is 0 Å². The molecule has 1 aromatic rings. The van der Waals surface area contributed by atoms with E-state index in [1.165, 1.54) is 0 Å². The first-order valence-electron chi connectivity index (χ1n) is 7.41. The number of nitrogen functional groups attached to an aromatic ring is 1. The number of hydrogen-bond donors (Lipinski definition) is 1. The molecule has 0 atom stereocenters. The molecule has 1 fully saturated rings. The van der Waals surface area contributed by atoms with Crippen LogP contribution in [-0.2, 0) is 4.79 Å². The first kappa shape index (κ1) is 14.9. The van der Waals surface area contributed by atoms with Crippen LogP contribution in [-0.4, -0.2) is 12.5 Å². The molecule has 1 amide bonds. The molecule has 3 nitrogen and oxygen atoms in total. The summed E-state index contributed by atoms with van der Waals surface area (Å²) in [5.74, 6) is 0.279. The molecule has 20 heavy (non-hydrogen) atoms. The zero-order valence-corrected chi connectivity index (χ0v) is 13.2. The summed E-state index contributed by atoms with van der Waals surface area (Å²) in [7, 11) is 0. The molecule has 110 valence electrons. The average molecular weight is 274 g/mol. The smallest absolute Gasteiger partial charge is 0.231 e. The van der Waals surface area contributed by atoms with Gasteiger partial charge in [-0.2, -0.15) is 0 Å². The number of amides is 1. The Hall–Kier alpha value is -1.51. The van der Waals surface area contributed by atoms with E-state index >= 15 is 0 Å². The van der Waals surface area contributed by atoms with E-state index in [1.54, 1.807) is 0 Å². The topological polar surface area (TPSA) is 46.3 Å². The average Bonchev–Trinajstić information content (AvgIpc) is 2.77. The van der Waals surface area contributed by atoms with Crippen molar-refractivity contribution in [2.24, 2.45) is 16.7 Å². The van der Waals surface area contributed by atoms with Crippen molar-refractivity contribution in [3.63, 3.8) is 0 Å².